The zero-order valence-electron chi connectivity index (χ0n) is 10.3. The van der Waals surface area contributed by atoms with Gasteiger partial charge in [0.05, 0.1) is 13.2 Å². The maximum atomic E-state index is 7.62. The summed E-state index contributed by atoms with van der Waals surface area (Å²) in [5, 5.41) is 15.2. The zero-order valence-corrected chi connectivity index (χ0v) is 10.3. The van der Waals surface area contributed by atoms with Crippen molar-refractivity contribution in [1.29, 1.82) is 0 Å². The van der Waals surface area contributed by atoms with Crippen molar-refractivity contribution in [2.45, 2.75) is 0 Å². The van der Waals surface area contributed by atoms with Crippen molar-refractivity contribution >= 4 is 5.57 Å². The molecule has 2 heteroatoms. The Morgan fingerprint density at radius 1 is 0.722 bits per heavy atom. The highest BCUT2D eigenvalue weighted by Crippen LogP contribution is 2.20. The molecule has 0 bridgehead atoms. The van der Waals surface area contributed by atoms with E-state index in [2.05, 4.69) is 30.8 Å². The molecule has 0 radical (unpaired) electrons. The summed E-state index contributed by atoms with van der Waals surface area (Å²) in [6, 6.07) is 20.5. The molecule has 2 N–H and O–H groups in total. The van der Waals surface area contributed by atoms with Gasteiger partial charge in [0.1, 0.15) is 0 Å². The summed E-state index contributed by atoms with van der Waals surface area (Å²) in [5.74, 6) is 0. The minimum atomic E-state index is -0.125. The molecule has 2 rings (SSSR count). The van der Waals surface area contributed by atoms with E-state index in [4.69, 9.17) is 10.2 Å². The summed E-state index contributed by atoms with van der Waals surface area (Å²) in [6.07, 6.45) is 0. The maximum absolute atomic E-state index is 7.62. The first-order valence-corrected chi connectivity index (χ1v) is 5.81. The molecular formula is C16H18O2. The third-order valence-electron chi connectivity index (χ3n) is 2.34. The Hall–Kier alpha value is -1.90. The van der Waals surface area contributed by atoms with Gasteiger partial charge >= 0.3 is 0 Å². The van der Waals surface area contributed by atoms with Crippen LogP contribution < -0.4 is 0 Å². The van der Waals surface area contributed by atoms with Gasteiger partial charge in [0.2, 0.25) is 0 Å². The van der Waals surface area contributed by atoms with E-state index in [9.17, 15) is 0 Å². The topological polar surface area (TPSA) is 40.5 Å². The van der Waals surface area contributed by atoms with E-state index in [1.807, 2.05) is 36.4 Å². The Labute approximate surface area is 108 Å². The minimum absolute atomic E-state index is 0.125. The maximum Gasteiger partial charge on any atom is 0.0662 e. The third-order valence-corrected chi connectivity index (χ3v) is 2.34. The lowest BCUT2D eigenvalue weighted by Gasteiger charge is -2.04. The Balaban J connectivity index is 0.000000357. The highest BCUT2D eigenvalue weighted by molar-refractivity contribution is 5.77. The summed E-state index contributed by atoms with van der Waals surface area (Å²) in [7, 11) is 0. The number of hydrogen-bond donors (Lipinski definition) is 2. The van der Waals surface area contributed by atoms with Gasteiger partial charge in [0.15, 0.2) is 0 Å². The van der Waals surface area contributed by atoms with Crippen LogP contribution in [0.1, 0.15) is 11.1 Å². The van der Waals surface area contributed by atoms with Crippen LogP contribution in [0.3, 0.4) is 0 Å². The number of aliphatic hydroxyl groups excluding tert-OH is 2. The molecule has 0 atom stereocenters. The van der Waals surface area contributed by atoms with Crippen molar-refractivity contribution in [3.63, 3.8) is 0 Å². The molecule has 0 amide bonds. The molecule has 0 unspecified atom stereocenters. The predicted octanol–water partition coefficient (Wildman–Crippen LogP) is 2.72. The van der Waals surface area contributed by atoms with Crippen LogP contribution in [0.15, 0.2) is 67.2 Å². The number of rotatable bonds is 3. The number of hydrogen-bond acceptors (Lipinski definition) is 2. The predicted molar refractivity (Wildman–Crippen MR) is 75.2 cm³/mol. The van der Waals surface area contributed by atoms with Crippen molar-refractivity contribution in [3.05, 3.63) is 78.4 Å². The second-order valence-corrected chi connectivity index (χ2v) is 3.66. The van der Waals surface area contributed by atoms with Gasteiger partial charge in [0.25, 0.3) is 0 Å². The highest BCUT2D eigenvalue weighted by Gasteiger charge is 1.99. The fourth-order valence-corrected chi connectivity index (χ4v) is 1.45. The van der Waals surface area contributed by atoms with E-state index in [1.54, 1.807) is 0 Å². The largest absolute Gasteiger partial charge is 0.394 e. The summed E-state index contributed by atoms with van der Waals surface area (Å²) < 4.78 is 0. The molecular weight excluding hydrogens is 224 g/mol. The SMILES string of the molecule is C=C(c1ccccc1)c1ccccc1.OCCO. The van der Waals surface area contributed by atoms with Crippen molar-refractivity contribution in [1.82, 2.24) is 0 Å². The lowest BCUT2D eigenvalue weighted by atomic mass is 10.0. The third kappa shape index (κ3) is 4.53. The second-order valence-electron chi connectivity index (χ2n) is 3.66. The lowest BCUT2D eigenvalue weighted by Crippen LogP contribution is -1.85. The van der Waals surface area contributed by atoms with Crippen molar-refractivity contribution in [2.24, 2.45) is 0 Å². The van der Waals surface area contributed by atoms with Crippen LogP contribution in [0.2, 0.25) is 0 Å². The Morgan fingerprint density at radius 3 is 1.33 bits per heavy atom. The fourth-order valence-electron chi connectivity index (χ4n) is 1.45. The van der Waals surface area contributed by atoms with E-state index in [1.165, 1.54) is 11.1 Å². The van der Waals surface area contributed by atoms with Crippen molar-refractivity contribution in [3.8, 4) is 0 Å². The van der Waals surface area contributed by atoms with E-state index in [0.717, 1.165) is 5.57 Å². The van der Waals surface area contributed by atoms with Gasteiger partial charge in [-0.15, -0.1) is 0 Å². The molecule has 0 spiro atoms. The average Bonchev–Trinajstić information content (AvgIpc) is 2.48. The molecule has 0 saturated heterocycles. The molecule has 18 heavy (non-hydrogen) atoms. The van der Waals surface area contributed by atoms with Gasteiger partial charge in [-0.1, -0.05) is 67.2 Å². The number of aliphatic hydroxyl groups is 2. The molecule has 94 valence electrons. The molecule has 2 nitrogen and oxygen atoms in total. The van der Waals surface area contributed by atoms with Crippen LogP contribution in [0.4, 0.5) is 0 Å². The van der Waals surface area contributed by atoms with E-state index in [-0.39, 0.29) is 13.2 Å². The second kappa shape index (κ2) is 8.23. The smallest absolute Gasteiger partial charge is 0.0662 e. The van der Waals surface area contributed by atoms with Crippen molar-refractivity contribution < 1.29 is 10.2 Å². The first-order chi connectivity index (χ1) is 8.79. The van der Waals surface area contributed by atoms with Gasteiger partial charge in [-0.25, -0.2) is 0 Å². The van der Waals surface area contributed by atoms with E-state index >= 15 is 0 Å². The van der Waals surface area contributed by atoms with Gasteiger partial charge in [-0.3, -0.25) is 0 Å². The Kier molecular flexibility index (Phi) is 6.47. The Morgan fingerprint density at radius 2 is 1.06 bits per heavy atom. The fraction of sp³-hybridized carbons (Fsp3) is 0.125. The highest BCUT2D eigenvalue weighted by atomic mass is 16.3. The molecule has 0 saturated carbocycles. The van der Waals surface area contributed by atoms with Gasteiger partial charge < -0.3 is 10.2 Å². The van der Waals surface area contributed by atoms with Crippen LogP contribution in [-0.4, -0.2) is 23.4 Å². The van der Waals surface area contributed by atoms with Crippen LogP contribution in [0.5, 0.6) is 0 Å². The van der Waals surface area contributed by atoms with Crippen LogP contribution in [0, 0.1) is 0 Å². The summed E-state index contributed by atoms with van der Waals surface area (Å²) in [6.45, 7) is 3.85. The molecule has 0 heterocycles. The van der Waals surface area contributed by atoms with Gasteiger partial charge in [-0.05, 0) is 16.7 Å². The average molecular weight is 242 g/mol. The van der Waals surface area contributed by atoms with E-state index < -0.39 is 0 Å². The van der Waals surface area contributed by atoms with E-state index in [0.29, 0.717) is 0 Å². The van der Waals surface area contributed by atoms with Crippen LogP contribution >= 0.6 is 0 Å². The zero-order chi connectivity index (χ0) is 13.2. The van der Waals surface area contributed by atoms with Gasteiger partial charge in [-0.2, -0.15) is 0 Å². The van der Waals surface area contributed by atoms with Crippen molar-refractivity contribution in [2.75, 3.05) is 13.2 Å². The molecule has 0 aliphatic rings. The molecule has 2 aromatic carbocycles. The minimum Gasteiger partial charge on any atom is -0.394 e. The van der Waals surface area contributed by atoms with Crippen LogP contribution in [-0.2, 0) is 0 Å². The monoisotopic (exact) mass is 242 g/mol. The summed E-state index contributed by atoms with van der Waals surface area (Å²) in [5.41, 5.74) is 3.43. The molecule has 2 aromatic rings. The molecule has 0 aromatic heterocycles. The molecule has 0 aliphatic heterocycles. The molecule has 0 fully saturated rings. The molecule has 0 aliphatic carbocycles. The Bertz CT molecular complexity index is 406. The quantitative estimate of drug-likeness (QED) is 0.868. The van der Waals surface area contributed by atoms with Crippen LogP contribution in [0.25, 0.3) is 5.57 Å². The number of benzene rings is 2. The van der Waals surface area contributed by atoms with Gasteiger partial charge in [0, 0.05) is 0 Å². The first-order valence-electron chi connectivity index (χ1n) is 5.81. The summed E-state index contributed by atoms with van der Waals surface area (Å²) in [4.78, 5) is 0. The normalized spacial score (nSPS) is 9.22. The standard InChI is InChI=1S/C14H12.C2H6O2/c1-12(13-8-4-2-5-9-13)14-10-6-3-7-11-14;3-1-2-4/h2-11H,1H2;3-4H,1-2H2. The first kappa shape index (κ1) is 14.2. The summed E-state index contributed by atoms with van der Waals surface area (Å²) >= 11 is 0. The lowest BCUT2D eigenvalue weighted by molar-refractivity contribution is 0.186.